The van der Waals surface area contributed by atoms with Crippen molar-refractivity contribution in [2.45, 2.75) is 33.7 Å². The summed E-state index contributed by atoms with van der Waals surface area (Å²) in [5.41, 5.74) is 7.52. The minimum absolute atomic E-state index is 0.137. The zero-order chi connectivity index (χ0) is 12.3. The molecule has 0 radical (unpaired) electrons. The Morgan fingerprint density at radius 3 is 2.38 bits per heavy atom. The molecule has 0 aliphatic heterocycles. The smallest absolute Gasteiger partial charge is 0.241 e. The molecular formula is C13H20N2O. The number of para-hydroxylation sites is 1. The summed E-state index contributed by atoms with van der Waals surface area (Å²) in [7, 11) is 0. The van der Waals surface area contributed by atoms with Gasteiger partial charge in [0.1, 0.15) is 0 Å². The molecule has 0 bridgehead atoms. The maximum Gasteiger partial charge on any atom is 0.241 e. The topological polar surface area (TPSA) is 55.1 Å². The van der Waals surface area contributed by atoms with Crippen molar-refractivity contribution in [3.05, 3.63) is 29.8 Å². The van der Waals surface area contributed by atoms with E-state index < -0.39 is 6.04 Å². The van der Waals surface area contributed by atoms with E-state index in [0.717, 1.165) is 11.3 Å². The summed E-state index contributed by atoms with van der Waals surface area (Å²) in [5.74, 6) is -0.137. The molecule has 1 aromatic rings. The van der Waals surface area contributed by atoms with Gasteiger partial charge in [-0.3, -0.25) is 4.79 Å². The van der Waals surface area contributed by atoms with Crippen molar-refractivity contribution in [1.29, 1.82) is 0 Å². The Morgan fingerprint density at radius 1 is 1.31 bits per heavy atom. The van der Waals surface area contributed by atoms with Crippen LogP contribution in [0.15, 0.2) is 24.3 Å². The van der Waals surface area contributed by atoms with Crippen LogP contribution in [0.5, 0.6) is 0 Å². The molecule has 0 aliphatic carbocycles. The van der Waals surface area contributed by atoms with Gasteiger partial charge in [-0.25, -0.2) is 0 Å². The molecule has 0 aromatic heterocycles. The third-order valence-corrected chi connectivity index (χ3v) is 2.62. The number of rotatable bonds is 2. The summed E-state index contributed by atoms with van der Waals surface area (Å²) in [6.45, 7) is 7.82. The van der Waals surface area contributed by atoms with Crippen LogP contribution in [0.4, 0.5) is 5.69 Å². The molecule has 3 N–H and O–H groups in total. The quantitative estimate of drug-likeness (QED) is 0.803. The second kappa shape index (κ2) is 4.66. The minimum atomic E-state index is -0.507. The molecule has 0 fully saturated rings. The van der Waals surface area contributed by atoms with Crippen molar-refractivity contribution in [3.8, 4) is 0 Å². The van der Waals surface area contributed by atoms with Crippen LogP contribution in [0.1, 0.15) is 26.3 Å². The van der Waals surface area contributed by atoms with Crippen LogP contribution in [-0.2, 0) is 4.79 Å². The third kappa shape index (κ3) is 3.07. The molecule has 0 unspecified atom stereocenters. The maximum atomic E-state index is 11.9. The number of carbonyl (C=O) groups excluding carboxylic acids is 1. The highest BCUT2D eigenvalue weighted by Crippen LogP contribution is 2.20. The van der Waals surface area contributed by atoms with Crippen LogP contribution in [0.2, 0.25) is 0 Å². The summed E-state index contributed by atoms with van der Waals surface area (Å²) in [6.07, 6.45) is 0. The molecule has 3 heteroatoms. The normalized spacial score (nSPS) is 13.3. The van der Waals surface area contributed by atoms with Crippen molar-refractivity contribution >= 4 is 11.6 Å². The Labute approximate surface area is 97.0 Å². The Hall–Kier alpha value is -1.35. The number of anilines is 1. The molecule has 1 rings (SSSR count). The van der Waals surface area contributed by atoms with Gasteiger partial charge in [0.05, 0.1) is 6.04 Å². The van der Waals surface area contributed by atoms with Crippen molar-refractivity contribution in [1.82, 2.24) is 0 Å². The Balaban J connectivity index is 2.76. The summed E-state index contributed by atoms with van der Waals surface area (Å²) >= 11 is 0. The number of nitrogens with one attached hydrogen (secondary N) is 1. The first-order valence-electron chi connectivity index (χ1n) is 5.44. The number of nitrogens with two attached hydrogens (primary N) is 1. The molecule has 0 saturated carbocycles. The molecule has 0 heterocycles. The standard InChI is InChI=1S/C13H20N2O/c1-9-7-5-6-8-10(9)15-12(16)11(14)13(2,3)4/h5-8,11H,14H2,1-4H3,(H,15,16)/t11-/m1/s1. The van der Waals surface area contributed by atoms with E-state index in [1.807, 2.05) is 52.0 Å². The van der Waals surface area contributed by atoms with Crippen LogP contribution in [0.25, 0.3) is 0 Å². The molecule has 1 atom stereocenters. The second-order valence-electron chi connectivity index (χ2n) is 5.15. The Morgan fingerprint density at radius 2 is 1.88 bits per heavy atom. The Bertz CT molecular complexity index is 380. The van der Waals surface area contributed by atoms with Gasteiger partial charge in [0.25, 0.3) is 0 Å². The van der Waals surface area contributed by atoms with E-state index in [-0.39, 0.29) is 11.3 Å². The molecular weight excluding hydrogens is 200 g/mol. The maximum absolute atomic E-state index is 11.9. The molecule has 0 aliphatic rings. The average molecular weight is 220 g/mol. The van der Waals surface area contributed by atoms with E-state index in [0.29, 0.717) is 0 Å². The molecule has 16 heavy (non-hydrogen) atoms. The summed E-state index contributed by atoms with van der Waals surface area (Å²) in [4.78, 5) is 11.9. The molecule has 0 spiro atoms. The van der Waals surface area contributed by atoms with Gasteiger partial charge >= 0.3 is 0 Å². The van der Waals surface area contributed by atoms with Gasteiger partial charge in [-0.1, -0.05) is 39.0 Å². The van der Waals surface area contributed by atoms with Gasteiger partial charge in [0, 0.05) is 5.69 Å². The van der Waals surface area contributed by atoms with Gasteiger partial charge in [0.2, 0.25) is 5.91 Å². The highest BCUT2D eigenvalue weighted by atomic mass is 16.2. The van der Waals surface area contributed by atoms with Crippen molar-refractivity contribution < 1.29 is 4.79 Å². The number of hydrogen-bond acceptors (Lipinski definition) is 2. The second-order valence-corrected chi connectivity index (χ2v) is 5.15. The number of hydrogen-bond donors (Lipinski definition) is 2. The summed E-state index contributed by atoms with van der Waals surface area (Å²) in [6, 6.07) is 7.16. The molecule has 1 amide bonds. The minimum Gasteiger partial charge on any atom is -0.324 e. The van der Waals surface area contributed by atoms with Crippen molar-refractivity contribution in [2.24, 2.45) is 11.1 Å². The van der Waals surface area contributed by atoms with E-state index in [1.54, 1.807) is 0 Å². The fourth-order valence-corrected chi connectivity index (χ4v) is 1.32. The van der Waals surface area contributed by atoms with Gasteiger partial charge < -0.3 is 11.1 Å². The highest BCUT2D eigenvalue weighted by molar-refractivity contribution is 5.95. The van der Waals surface area contributed by atoms with E-state index >= 15 is 0 Å². The predicted molar refractivity (Wildman–Crippen MR) is 67.2 cm³/mol. The van der Waals surface area contributed by atoms with Gasteiger partial charge in [0.15, 0.2) is 0 Å². The lowest BCUT2D eigenvalue weighted by Crippen LogP contribution is -2.45. The fraction of sp³-hybridized carbons (Fsp3) is 0.462. The number of benzene rings is 1. The van der Waals surface area contributed by atoms with Crippen LogP contribution >= 0.6 is 0 Å². The van der Waals surface area contributed by atoms with E-state index in [1.165, 1.54) is 0 Å². The summed E-state index contributed by atoms with van der Waals surface area (Å²) in [5, 5.41) is 2.85. The van der Waals surface area contributed by atoms with E-state index in [4.69, 9.17) is 5.73 Å². The lowest BCUT2D eigenvalue weighted by atomic mass is 9.87. The number of aryl methyl sites for hydroxylation is 1. The van der Waals surface area contributed by atoms with Crippen LogP contribution in [0.3, 0.4) is 0 Å². The third-order valence-electron chi connectivity index (χ3n) is 2.62. The first kappa shape index (κ1) is 12.7. The molecule has 88 valence electrons. The van der Waals surface area contributed by atoms with Crippen molar-refractivity contribution in [3.63, 3.8) is 0 Å². The first-order valence-corrected chi connectivity index (χ1v) is 5.44. The first-order chi connectivity index (χ1) is 7.32. The largest absolute Gasteiger partial charge is 0.324 e. The van der Waals surface area contributed by atoms with E-state index in [2.05, 4.69) is 5.32 Å². The molecule has 0 saturated heterocycles. The SMILES string of the molecule is Cc1ccccc1NC(=O)[C@@H](N)C(C)(C)C. The number of carbonyl (C=O) groups is 1. The van der Waals surface area contributed by atoms with E-state index in [9.17, 15) is 4.79 Å². The molecule has 1 aromatic carbocycles. The lowest BCUT2D eigenvalue weighted by molar-refractivity contribution is -0.119. The fourth-order valence-electron chi connectivity index (χ4n) is 1.32. The lowest BCUT2D eigenvalue weighted by Gasteiger charge is -2.26. The molecule has 3 nitrogen and oxygen atoms in total. The monoisotopic (exact) mass is 220 g/mol. The highest BCUT2D eigenvalue weighted by Gasteiger charge is 2.27. The summed E-state index contributed by atoms with van der Waals surface area (Å²) < 4.78 is 0. The van der Waals surface area contributed by atoms with Crippen LogP contribution < -0.4 is 11.1 Å². The van der Waals surface area contributed by atoms with Crippen molar-refractivity contribution in [2.75, 3.05) is 5.32 Å². The predicted octanol–water partition coefficient (Wildman–Crippen LogP) is 2.31. The Kier molecular flexibility index (Phi) is 3.70. The zero-order valence-electron chi connectivity index (χ0n) is 10.4. The average Bonchev–Trinajstić information content (AvgIpc) is 2.19. The van der Waals surface area contributed by atoms with Crippen LogP contribution in [0, 0.1) is 12.3 Å². The van der Waals surface area contributed by atoms with Gasteiger partial charge in [-0.15, -0.1) is 0 Å². The van der Waals surface area contributed by atoms with Gasteiger partial charge in [-0.2, -0.15) is 0 Å². The van der Waals surface area contributed by atoms with Crippen LogP contribution in [-0.4, -0.2) is 11.9 Å². The zero-order valence-corrected chi connectivity index (χ0v) is 10.4. The van der Waals surface area contributed by atoms with Gasteiger partial charge in [-0.05, 0) is 24.0 Å². The number of amides is 1.